The quantitative estimate of drug-likeness (QED) is 0.559. The first kappa shape index (κ1) is 7.49. The van der Waals surface area contributed by atoms with Gasteiger partial charge in [0.25, 0.3) is 0 Å². The van der Waals surface area contributed by atoms with Gasteiger partial charge in [0, 0.05) is 0 Å². The minimum absolute atomic E-state index is 0.306. The lowest BCUT2D eigenvalue weighted by molar-refractivity contribution is 0.627. The van der Waals surface area contributed by atoms with E-state index in [2.05, 4.69) is 6.58 Å². The molecule has 0 saturated heterocycles. The molecule has 1 rings (SSSR count). The molecule has 0 radical (unpaired) electrons. The van der Waals surface area contributed by atoms with E-state index in [1.54, 1.807) is 0 Å². The normalized spacial score (nSPS) is 8.73. The molecule has 1 aromatic rings. The fourth-order valence-corrected chi connectivity index (χ4v) is 0.716. The molecule has 0 atom stereocenters. The fourth-order valence-electron chi connectivity index (χ4n) is 0.716. The van der Waals surface area contributed by atoms with Crippen LogP contribution in [0.4, 0.5) is 4.39 Å². The second kappa shape index (κ2) is 2.98. The minimum atomic E-state index is -0.306. The maximum Gasteiger partial charge on any atom is 0.123 e. The number of hydrogen-bond acceptors (Lipinski definition) is 1. The van der Waals surface area contributed by atoms with E-state index in [0.717, 1.165) is 0 Å². The van der Waals surface area contributed by atoms with E-state index in [9.17, 15) is 4.39 Å². The van der Waals surface area contributed by atoms with Gasteiger partial charge in [0.15, 0.2) is 0 Å². The third kappa shape index (κ3) is 1.65. The van der Waals surface area contributed by atoms with Crippen LogP contribution in [0.1, 0.15) is 5.56 Å². The molecule has 0 fully saturated rings. The van der Waals surface area contributed by atoms with E-state index in [1.165, 1.54) is 24.3 Å². The molecule has 54 valence electrons. The fraction of sp³-hybridized carbons (Fsp3) is 0. The minimum Gasteiger partial charge on any atom is -0.207 e. The number of benzene rings is 1. The summed E-state index contributed by atoms with van der Waals surface area (Å²) in [6, 6.07) is 7.55. The first-order valence-electron chi connectivity index (χ1n) is 3.09. The van der Waals surface area contributed by atoms with Crippen molar-refractivity contribution >= 4 is 5.57 Å². The zero-order chi connectivity index (χ0) is 8.27. The summed E-state index contributed by atoms with van der Waals surface area (Å²) in [7, 11) is 0. The van der Waals surface area contributed by atoms with Crippen LogP contribution in [0.2, 0.25) is 0 Å². The van der Waals surface area contributed by atoms with Crippen LogP contribution < -0.4 is 0 Å². The molecule has 0 aliphatic rings. The van der Waals surface area contributed by atoms with Crippen molar-refractivity contribution < 1.29 is 4.39 Å². The number of rotatable bonds is 1. The zero-order valence-corrected chi connectivity index (χ0v) is 5.84. The van der Waals surface area contributed by atoms with Gasteiger partial charge in [0.05, 0.1) is 11.6 Å². The van der Waals surface area contributed by atoms with Crippen molar-refractivity contribution in [3.05, 3.63) is 42.2 Å². The molecule has 0 heterocycles. The predicted molar refractivity (Wildman–Crippen MR) is 41.0 cm³/mol. The van der Waals surface area contributed by atoms with Crippen LogP contribution in [0.25, 0.3) is 5.57 Å². The van der Waals surface area contributed by atoms with Gasteiger partial charge in [0.1, 0.15) is 5.82 Å². The average Bonchev–Trinajstić information content (AvgIpc) is 2.05. The molecule has 11 heavy (non-hydrogen) atoms. The predicted octanol–water partition coefficient (Wildman–Crippen LogP) is 2.36. The summed E-state index contributed by atoms with van der Waals surface area (Å²) in [5.74, 6) is -0.306. The highest BCUT2D eigenvalue weighted by atomic mass is 19.1. The van der Waals surface area contributed by atoms with E-state index < -0.39 is 0 Å². The molecule has 2 heteroatoms. The Bertz CT molecular complexity index is 305. The van der Waals surface area contributed by atoms with E-state index in [-0.39, 0.29) is 5.82 Å². The van der Waals surface area contributed by atoms with Crippen molar-refractivity contribution in [2.24, 2.45) is 0 Å². The highest BCUT2D eigenvalue weighted by molar-refractivity contribution is 5.74. The monoisotopic (exact) mass is 147 g/mol. The van der Waals surface area contributed by atoms with Crippen LogP contribution in [-0.4, -0.2) is 0 Å². The molecule has 0 saturated carbocycles. The maximum atomic E-state index is 12.3. The van der Waals surface area contributed by atoms with Crippen LogP contribution in [-0.2, 0) is 0 Å². The number of hydrogen-bond donors (Lipinski definition) is 0. The van der Waals surface area contributed by atoms with Crippen LogP contribution in [0, 0.1) is 17.1 Å². The molecule has 0 spiro atoms. The Morgan fingerprint density at radius 2 is 1.91 bits per heavy atom. The van der Waals surface area contributed by atoms with Crippen molar-refractivity contribution in [3.8, 4) is 6.07 Å². The summed E-state index contributed by atoms with van der Waals surface area (Å²) in [5.41, 5.74) is 1.01. The second-order valence-electron chi connectivity index (χ2n) is 2.10. The number of allylic oxidation sites excluding steroid dienone is 1. The van der Waals surface area contributed by atoms with Gasteiger partial charge in [0.2, 0.25) is 0 Å². The van der Waals surface area contributed by atoms with Crippen LogP contribution in [0.5, 0.6) is 0 Å². The number of nitrogens with zero attached hydrogens (tertiary/aromatic N) is 1. The molecule has 1 nitrogen and oxygen atoms in total. The highest BCUT2D eigenvalue weighted by Crippen LogP contribution is 2.10. The third-order valence-electron chi connectivity index (χ3n) is 1.33. The summed E-state index contributed by atoms with van der Waals surface area (Å²) in [4.78, 5) is 0. The molecule has 0 unspecified atom stereocenters. The highest BCUT2D eigenvalue weighted by Gasteiger charge is 1.95. The Kier molecular flexibility index (Phi) is 2.03. The van der Waals surface area contributed by atoms with E-state index >= 15 is 0 Å². The van der Waals surface area contributed by atoms with E-state index in [0.29, 0.717) is 11.1 Å². The second-order valence-corrected chi connectivity index (χ2v) is 2.10. The maximum absolute atomic E-state index is 12.3. The zero-order valence-electron chi connectivity index (χ0n) is 5.84. The van der Waals surface area contributed by atoms with E-state index in [4.69, 9.17) is 5.26 Å². The number of halogens is 1. The first-order chi connectivity index (χ1) is 5.24. The number of nitriles is 1. The lowest BCUT2D eigenvalue weighted by Gasteiger charge is -1.94. The van der Waals surface area contributed by atoms with Crippen molar-refractivity contribution in [1.82, 2.24) is 0 Å². The third-order valence-corrected chi connectivity index (χ3v) is 1.33. The summed E-state index contributed by atoms with van der Waals surface area (Å²) in [6.07, 6.45) is 0. The Hall–Kier alpha value is -1.62. The summed E-state index contributed by atoms with van der Waals surface area (Å²) in [6.45, 7) is 3.49. The van der Waals surface area contributed by atoms with Gasteiger partial charge in [-0.05, 0) is 17.7 Å². The lowest BCUT2D eigenvalue weighted by atomic mass is 10.1. The lowest BCUT2D eigenvalue weighted by Crippen LogP contribution is -1.79. The Balaban J connectivity index is 3.01. The van der Waals surface area contributed by atoms with Gasteiger partial charge < -0.3 is 0 Å². The van der Waals surface area contributed by atoms with Gasteiger partial charge in [-0.1, -0.05) is 18.7 Å². The molecule has 0 aliphatic carbocycles. The van der Waals surface area contributed by atoms with Crippen LogP contribution >= 0.6 is 0 Å². The van der Waals surface area contributed by atoms with Crippen LogP contribution in [0.15, 0.2) is 30.8 Å². The Morgan fingerprint density at radius 1 is 1.36 bits per heavy atom. The molecule has 0 bridgehead atoms. The van der Waals surface area contributed by atoms with Gasteiger partial charge >= 0.3 is 0 Å². The van der Waals surface area contributed by atoms with Gasteiger partial charge in [-0.25, -0.2) is 4.39 Å². The molecule has 0 amide bonds. The molecule has 0 aliphatic heterocycles. The average molecular weight is 147 g/mol. The molecular formula is C9H6FN. The topological polar surface area (TPSA) is 23.8 Å². The standard InChI is InChI=1S/C9H6FN/c1-7(6-11)8-2-4-9(10)5-3-8/h2-5H,1H2. The molecule has 0 aromatic heterocycles. The van der Waals surface area contributed by atoms with Gasteiger partial charge in [-0.3, -0.25) is 0 Å². The summed E-state index contributed by atoms with van der Waals surface area (Å²) < 4.78 is 12.3. The molecular weight excluding hydrogens is 141 g/mol. The van der Waals surface area contributed by atoms with Crippen molar-refractivity contribution in [2.75, 3.05) is 0 Å². The molecule has 1 aromatic carbocycles. The van der Waals surface area contributed by atoms with Gasteiger partial charge in [-0.2, -0.15) is 5.26 Å². The van der Waals surface area contributed by atoms with Crippen LogP contribution in [0.3, 0.4) is 0 Å². The Labute approximate surface area is 64.4 Å². The van der Waals surface area contributed by atoms with Crippen molar-refractivity contribution in [3.63, 3.8) is 0 Å². The van der Waals surface area contributed by atoms with Crippen molar-refractivity contribution in [2.45, 2.75) is 0 Å². The Morgan fingerprint density at radius 3 is 2.36 bits per heavy atom. The largest absolute Gasteiger partial charge is 0.207 e. The molecule has 0 N–H and O–H groups in total. The smallest absolute Gasteiger partial charge is 0.123 e. The van der Waals surface area contributed by atoms with Crippen molar-refractivity contribution in [1.29, 1.82) is 5.26 Å². The first-order valence-corrected chi connectivity index (χ1v) is 3.09. The summed E-state index contributed by atoms with van der Waals surface area (Å²) >= 11 is 0. The summed E-state index contributed by atoms with van der Waals surface area (Å²) in [5, 5.41) is 8.41. The SMILES string of the molecule is C=C(C#N)c1ccc(F)cc1. The van der Waals surface area contributed by atoms with Gasteiger partial charge in [-0.15, -0.1) is 0 Å². The van der Waals surface area contributed by atoms with E-state index in [1.807, 2.05) is 6.07 Å².